The second kappa shape index (κ2) is 7.87. The van der Waals surface area contributed by atoms with Crippen LogP contribution in [0.5, 0.6) is 0 Å². The van der Waals surface area contributed by atoms with Crippen molar-refractivity contribution in [3.63, 3.8) is 0 Å². The minimum absolute atomic E-state index is 0.0616. The summed E-state index contributed by atoms with van der Waals surface area (Å²) in [6.45, 7) is 2.55. The van der Waals surface area contributed by atoms with Crippen LogP contribution in [0.25, 0.3) is 0 Å². The van der Waals surface area contributed by atoms with Crippen LogP contribution in [0, 0.1) is 18.7 Å². The average Bonchev–Trinajstić information content (AvgIpc) is 3.32. The number of rotatable bonds is 5. The van der Waals surface area contributed by atoms with Crippen molar-refractivity contribution < 1.29 is 14.0 Å². The lowest BCUT2D eigenvalue weighted by atomic mass is 10.1. The van der Waals surface area contributed by atoms with Gasteiger partial charge in [0.2, 0.25) is 11.8 Å². The number of aryl methyl sites for hydroxylation is 1. The summed E-state index contributed by atoms with van der Waals surface area (Å²) in [5.74, 6) is -1.48. The number of nitrogens with zero attached hydrogens (tertiary/aromatic N) is 3. The van der Waals surface area contributed by atoms with Crippen molar-refractivity contribution in [2.24, 2.45) is 5.92 Å². The Labute approximate surface area is 167 Å². The fraction of sp³-hybridized carbons (Fsp3) is 0.227. The molecule has 1 fully saturated rings. The SMILES string of the molecule is Cc1ccc(N2CC(C(=O)Nc3cccc(Cn4cccn4)c3)CC2=O)c(F)c1. The topological polar surface area (TPSA) is 67.2 Å². The Hall–Kier alpha value is -3.48. The Kier molecular flexibility index (Phi) is 5.12. The number of aromatic nitrogens is 2. The van der Waals surface area contributed by atoms with Gasteiger partial charge in [-0.05, 0) is 48.4 Å². The molecular formula is C22H21FN4O2. The van der Waals surface area contributed by atoms with Crippen LogP contribution in [0.4, 0.5) is 15.8 Å². The van der Waals surface area contributed by atoms with Gasteiger partial charge in [-0.3, -0.25) is 14.3 Å². The van der Waals surface area contributed by atoms with E-state index in [1.165, 1.54) is 11.0 Å². The van der Waals surface area contributed by atoms with Crippen LogP contribution < -0.4 is 10.2 Å². The fourth-order valence-electron chi connectivity index (χ4n) is 3.52. The van der Waals surface area contributed by atoms with Crippen molar-refractivity contribution in [2.45, 2.75) is 19.9 Å². The molecule has 6 nitrogen and oxygen atoms in total. The highest BCUT2D eigenvalue weighted by Crippen LogP contribution is 2.28. The van der Waals surface area contributed by atoms with E-state index >= 15 is 0 Å². The standard InChI is InChI=1S/C22H21FN4O2/c1-15-6-7-20(19(23)10-15)27-14-17(12-21(27)28)22(29)25-18-5-2-4-16(11-18)13-26-9-3-8-24-26/h2-11,17H,12-14H2,1H3,(H,25,29). The second-order valence-electron chi connectivity index (χ2n) is 7.25. The first-order valence-electron chi connectivity index (χ1n) is 9.43. The number of benzene rings is 2. The maximum Gasteiger partial charge on any atom is 0.229 e. The summed E-state index contributed by atoms with van der Waals surface area (Å²) < 4.78 is 16.0. The second-order valence-corrected chi connectivity index (χ2v) is 7.25. The van der Waals surface area contributed by atoms with E-state index in [0.29, 0.717) is 12.2 Å². The molecule has 29 heavy (non-hydrogen) atoms. The molecule has 2 heterocycles. The van der Waals surface area contributed by atoms with Gasteiger partial charge in [0.15, 0.2) is 0 Å². The maximum atomic E-state index is 14.2. The van der Waals surface area contributed by atoms with Crippen molar-refractivity contribution in [1.82, 2.24) is 9.78 Å². The van der Waals surface area contributed by atoms with Crippen molar-refractivity contribution in [3.8, 4) is 0 Å². The van der Waals surface area contributed by atoms with Crippen LogP contribution in [0.15, 0.2) is 60.9 Å². The largest absolute Gasteiger partial charge is 0.326 e. The third-order valence-electron chi connectivity index (χ3n) is 4.99. The molecule has 2 aromatic carbocycles. The number of hydrogen-bond acceptors (Lipinski definition) is 3. The van der Waals surface area contributed by atoms with E-state index in [1.807, 2.05) is 30.5 Å². The lowest BCUT2D eigenvalue weighted by Crippen LogP contribution is -2.28. The van der Waals surface area contributed by atoms with E-state index < -0.39 is 11.7 Å². The third-order valence-corrected chi connectivity index (χ3v) is 4.99. The molecule has 0 aliphatic carbocycles. The first kappa shape index (κ1) is 18.9. The molecule has 1 aliphatic rings. The third kappa shape index (κ3) is 4.18. The predicted molar refractivity (Wildman–Crippen MR) is 108 cm³/mol. The highest BCUT2D eigenvalue weighted by atomic mass is 19.1. The van der Waals surface area contributed by atoms with E-state index in [-0.39, 0.29) is 30.5 Å². The number of carbonyl (C=O) groups excluding carboxylic acids is 2. The lowest BCUT2D eigenvalue weighted by Gasteiger charge is -2.18. The van der Waals surface area contributed by atoms with Gasteiger partial charge >= 0.3 is 0 Å². The summed E-state index contributed by atoms with van der Waals surface area (Å²) in [5, 5.41) is 7.06. The van der Waals surface area contributed by atoms with Crippen LogP contribution in [0.3, 0.4) is 0 Å². The van der Waals surface area contributed by atoms with Crippen LogP contribution in [0.2, 0.25) is 0 Å². The van der Waals surface area contributed by atoms with Gasteiger partial charge in [-0.15, -0.1) is 0 Å². The summed E-state index contributed by atoms with van der Waals surface area (Å²) in [5.41, 5.74) is 2.66. The van der Waals surface area contributed by atoms with E-state index in [4.69, 9.17) is 0 Å². The van der Waals surface area contributed by atoms with E-state index in [2.05, 4.69) is 10.4 Å². The lowest BCUT2D eigenvalue weighted by molar-refractivity contribution is -0.122. The molecule has 2 amide bonds. The smallest absolute Gasteiger partial charge is 0.229 e. The minimum atomic E-state index is -0.530. The molecule has 1 atom stereocenters. The normalized spacial score (nSPS) is 16.3. The minimum Gasteiger partial charge on any atom is -0.326 e. The van der Waals surface area contributed by atoms with Gasteiger partial charge in [0.1, 0.15) is 5.82 Å². The zero-order valence-corrected chi connectivity index (χ0v) is 16.0. The molecule has 1 N–H and O–H groups in total. The van der Waals surface area contributed by atoms with Gasteiger partial charge in [0.05, 0.1) is 18.2 Å². The number of halogens is 1. The van der Waals surface area contributed by atoms with E-state index in [0.717, 1.165) is 11.1 Å². The molecule has 7 heteroatoms. The molecule has 0 radical (unpaired) electrons. The van der Waals surface area contributed by atoms with E-state index in [1.54, 1.807) is 36.0 Å². The molecular weight excluding hydrogens is 371 g/mol. The fourth-order valence-corrected chi connectivity index (χ4v) is 3.52. The summed E-state index contributed by atoms with van der Waals surface area (Å²) in [6.07, 6.45) is 3.64. The van der Waals surface area contributed by atoms with Gasteiger partial charge in [-0.1, -0.05) is 18.2 Å². The van der Waals surface area contributed by atoms with Crippen LogP contribution >= 0.6 is 0 Å². The molecule has 0 spiro atoms. The van der Waals surface area contributed by atoms with Gasteiger partial charge in [-0.2, -0.15) is 5.10 Å². The summed E-state index contributed by atoms with van der Waals surface area (Å²) in [7, 11) is 0. The maximum absolute atomic E-state index is 14.2. The average molecular weight is 392 g/mol. The predicted octanol–water partition coefficient (Wildman–Crippen LogP) is 3.37. The number of amides is 2. The number of carbonyl (C=O) groups is 2. The quantitative estimate of drug-likeness (QED) is 0.724. The number of hydrogen-bond donors (Lipinski definition) is 1. The van der Waals surface area contributed by atoms with Gasteiger partial charge in [-0.25, -0.2) is 4.39 Å². The molecule has 1 aromatic heterocycles. The van der Waals surface area contributed by atoms with Crippen molar-refractivity contribution >= 4 is 23.2 Å². The van der Waals surface area contributed by atoms with E-state index in [9.17, 15) is 14.0 Å². The molecule has 0 saturated carbocycles. The Morgan fingerprint density at radius 2 is 2.10 bits per heavy atom. The van der Waals surface area contributed by atoms with Crippen LogP contribution in [0.1, 0.15) is 17.5 Å². The van der Waals surface area contributed by atoms with Gasteiger partial charge in [0, 0.05) is 31.0 Å². The van der Waals surface area contributed by atoms with Crippen molar-refractivity contribution in [2.75, 3.05) is 16.8 Å². The molecule has 1 unspecified atom stereocenters. The number of nitrogens with one attached hydrogen (secondary N) is 1. The first-order valence-corrected chi connectivity index (χ1v) is 9.43. The molecule has 0 bridgehead atoms. The Morgan fingerprint density at radius 1 is 1.24 bits per heavy atom. The monoisotopic (exact) mass is 392 g/mol. The zero-order valence-electron chi connectivity index (χ0n) is 16.0. The Bertz CT molecular complexity index is 1050. The molecule has 148 valence electrons. The zero-order chi connectivity index (χ0) is 20.4. The van der Waals surface area contributed by atoms with Crippen LogP contribution in [-0.2, 0) is 16.1 Å². The van der Waals surface area contributed by atoms with Crippen molar-refractivity contribution in [3.05, 3.63) is 77.9 Å². The number of anilines is 2. The highest BCUT2D eigenvalue weighted by Gasteiger charge is 2.36. The van der Waals surface area contributed by atoms with Gasteiger partial charge in [0.25, 0.3) is 0 Å². The molecule has 3 aromatic rings. The van der Waals surface area contributed by atoms with Crippen LogP contribution in [-0.4, -0.2) is 28.1 Å². The summed E-state index contributed by atoms with van der Waals surface area (Å²) in [6, 6.07) is 14.1. The van der Waals surface area contributed by atoms with Crippen molar-refractivity contribution in [1.29, 1.82) is 0 Å². The summed E-state index contributed by atoms with van der Waals surface area (Å²) in [4.78, 5) is 26.4. The van der Waals surface area contributed by atoms with Gasteiger partial charge < -0.3 is 10.2 Å². The summed E-state index contributed by atoms with van der Waals surface area (Å²) >= 11 is 0. The molecule has 1 aliphatic heterocycles. The Morgan fingerprint density at radius 3 is 2.86 bits per heavy atom. The Balaban J connectivity index is 1.43. The molecule has 1 saturated heterocycles. The first-order chi connectivity index (χ1) is 14.0. The molecule has 4 rings (SSSR count). The highest BCUT2D eigenvalue weighted by molar-refractivity contribution is 6.03.